The summed E-state index contributed by atoms with van der Waals surface area (Å²) in [4.78, 5) is 6.75. The summed E-state index contributed by atoms with van der Waals surface area (Å²) >= 11 is 0. The van der Waals surface area contributed by atoms with Crippen LogP contribution in [0.25, 0.3) is 0 Å². The van der Waals surface area contributed by atoms with E-state index in [4.69, 9.17) is 5.26 Å². The van der Waals surface area contributed by atoms with Crippen molar-refractivity contribution in [3.63, 3.8) is 0 Å². The number of guanidine groups is 1. The summed E-state index contributed by atoms with van der Waals surface area (Å²) in [6, 6.07) is 6.81. The van der Waals surface area contributed by atoms with E-state index in [2.05, 4.69) is 27.4 Å². The fraction of sp³-hybridized carbons (Fsp3) is 0.579. The van der Waals surface area contributed by atoms with Gasteiger partial charge in [0.05, 0.1) is 11.6 Å². The third-order valence-electron chi connectivity index (χ3n) is 4.60. The van der Waals surface area contributed by atoms with E-state index in [0.29, 0.717) is 29.7 Å². The molecule has 1 fully saturated rings. The maximum atomic E-state index is 13.8. The zero-order valence-corrected chi connectivity index (χ0v) is 15.2. The summed E-state index contributed by atoms with van der Waals surface area (Å²) in [6.45, 7) is 5.92. The van der Waals surface area contributed by atoms with Crippen molar-refractivity contribution < 1.29 is 4.39 Å². The second-order valence-electron chi connectivity index (χ2n) is 6.46. The average Bonchev–Trinajstić information content (AvgIpc) is 2.65. The smallest absolute Gasteiger partial charge is 0.191 e. The Morgan fingerprint density at radius 3 is 2.80 bits per heavy atom. The van der Waals surface area contributed by atoms with Crippen LogP contribution in [0.5, 0.6) is 0 Å². The molecule has 6 heteroatoms. The Labute approximate surface area is 149 Å². The monoisotopic (exact) mass is 345 g/mol. The van der Waals surface area contributed by atoms with Crippen molar-refractivity contribution in [3.05, 3.63) is 35.1 Å². The summed E-state index contributed by atoms with van der Waals surface area (Å²) in [5.41, 5.74) is 0.928. The minimum absolute atomic E-state index is 0.302. The quantitative estimate of drug-likeness (QED) is 0.614. The van der Waals surface area contributed by atoms with Gasteiger partial charge in [-0.1, -0.05) is 13.3 Å². The fourth-order valence-corrected chi connectivity index (χ4v) is 3.03. The molecule has 0 amide bonds. The standard InChI is InChI=1S/C19H28FN5/c1-3-4-9-25-10-7-17(8-11-25)24-19(22-2)23-14-16-12-15(13-21)5-6-18(16)20/h5-6,12,17H,3-4,7-11,14H2,1-2H3,(H2,22,23,24). The van der Waals surface area contributed by atoms with Crippen molar-refractivity contribution in [1.82, 2.24) is 15.5 Å². The molecule has 1 saturated heterocycles. The number of nitrogens with one attached hydrogen (secondary N) is 2. The molecule has 5 nitrogen and oxygen atoms in total. The van der Waals surface area contributed by atoms with Gasteiger partial charge >= 0.3 is 0 Å². The molecule has 1 aromatic rings. The molecule has 0 saturated carbocycles. The molecular weight excluding hydrogens is 317 g/mol. The number of hydrogen-bond acceptors (Lipinski definition) is 3. The summed E-state index contributed by atoms with van der Waals surface area (Å²) in [5.74, 6) is 0.361. The van der Waals surface area contributed by atoms with Gasteiger partial charge < -0.3 is 15.5 Å². The molecule has 2 N–H and O–H groups in total. The van der Waals surface area contributed by atoms with Gasteiger partial charge in [-0.15, -0.1) is 0 Å². The second-order valence-corrected chi connectivity index (χ2v) is 6.46. The molecule has 1 aliphatic rings. The van der Waals surface area contributed by atoms with Gasteiger partial charge in [0.2, 0.25) is 0 Å². The maximum absolute atomic E-state index is 13.8. The summed E-state index contributed by atoms with van der Waals surface area (Å²) in [5, 5.41) is 15.5. The van der Waals surface area contributed by atoms with Crippen molar-refractivity contribution in [2.75, 3.05) is 26.7 Å². The molecule has 0 aliphatic carbocycles. The number of likely N-dealkylation sites (tertiary alicyclic amines) is 1. The Balaban J connectivity index is 1.81. The highest BCUT2D eigenvalue weighted by atomic mass is 19.1. The minimum atomic E-state index is -0.314. The third kappa shape index (κ3) is 6.02. The third-order valence-corrected chi connectivity index (χ3v) is 4.60. The van der Waals surface area contributed by atoms with Gasteiger partial charge in [-0.3, -0.25) is 4.99 Å². The molecule has 0 bridgehead atoms. The molecule has 1 aliphatic heterocycles. The van der Waals surface area contributed by atoms with Crippen LogP contribution in [0.4, 0.5) is 4.39 Å². The molecule has 136 valence electrons. The zero-order valence-electron chi connectivity index (χ0n) is 15.2. The Bertz CT molecular complexity index is 615. The van der Waals surface area contributed by atoms with Crippen molar-refractivity contribution in [2.45, 2.75) is 45.2 Å². The Hall–Kier alpha value is -2.13. The summed E-state index contributed by atoms with van der Waals surface area (Å²) < 4.78 is 13.8. The van der Waals surface area contributed by atoms with Crippen LogP contribution in [0.3, 0.4) is 0 Å². The molecule has 1 heterocycles. The number of aliphatic imine (C=N–C) groups is 1. The number of nitriles is 1. The van der Waals surface area contributed by atoms with Crippen LogP contribution < -0.4 is 10.6 Å². The fourth-order valence-electron chi connectivity index (χ4n) is 3.03. The van der Waals surface area contributed by atoms with E-state index in [-0.39, 0.29) is 5.82 Å². The van der Waals surface area contributed by atoms with E-state index in [1.165, 1.54) is 31.5 Å². The lowest BCUT2D eigenvalue weighted by atomic mass is 10.0. The normalized spacial score (nSPS) is 16.5. The summed E-state index contributed by atoms with van der Waals surface area (Å²) in [7, 11) is 1.72. The van der Waals surface area contributed by atoms with E-state index in [0.717, 1.165) is 25.9 Å². The van der Waals surface area contributed by atoms with Crippen LogP contribution in [0.15, 0.2) is 23.2 Å². The molecule has 2 rings (SSSR count). The van der Waals surface area contributed by atoms with Crippen LogP contribution in [0.1, 0.15) is 43.7 Å². The van der Waals surface area contributed by atoms with E-state index >= 15 is 0 Å². The Morgan fingerprint density at radius 2 is 2.16 bits per heavy atom. The number of nitrogens with zero attached hydrogens (tertiary/aromatic N) is 3. The van der Waals surface area contributed by atoms with E-state index in [1.54, 1.807) is 13.1 Å². The highest BCUT2D eigenvalue weighted by Crippen LogP contribution is 2.12. The van der Waals surface area contributed by atoms with Crippen molar-refractivity contribution in [2.24, 2.45) is 4.99 Å². The maximum Gasteiger partial charge on any atom is 0.191 e. The Kier molecular flexibility index (Phi) is 7.68. The lowest BCUT2D eigenvalue weighted by Crippen LogP contribution is -2.48. The first-order chi connectivity index (χ1) is 12.2. The molecule has 1 aromatic carbocycles. The molecule has 0 spiro atoms. The molecule has 0 atom stereocenters. The zero-order chi connectivity index (χ0) is 18.1. The number of benzene rings is 1. The lowest BCUT2D eigenvalue weighted by Gasteiger charge is -2.33. The number of hydrogen-bond donors (Lipinski definition) is 2. The highest BCUT2D eigenvalue weighted by molar-refractivity contribution is 5.80. The Morgan fingerprint density at radius 1 is 1.40 bits per heavy atom. The van der Waals surface area contributed by atoms with Crippen LogP contribution in [0.2, 0.25) is 0 Å². The van der Waals surface area contributed by atoms with Gasteiger partial charge in [0, 0.05) is 38.3 Å². The number of piperidine rings is 1. The topological polar surface area (TPSA) is 63.4 Å². The van der Waals surface area contributed by atoms with Crippen molar-refractivity contribution >= 4 is 5.96 Å². The predicted octanol–water partition coefficient (Wildman–Crippen LogP) is 2.63. The minimum Gasteiger partial charge on any atom is -0.354 e. The largest absolute Gasteiger partial charge is 0.354 e. The first-order valence-corrected chi connectivity index (χ1v) is 9.04. The van der Waals surface area contributed by atoms with E-state index < -0.39 is 0 Å². The number of halogens is 1. The highest BCUT2D eigenvalue weighted by Gasteiger charge is 2.19. The van der Waals surface area contributed by atoms with Gasteiger partial charge in [-0.25, -0.2) is 4.39 Å². The molecule has 0 aromatic heterocycles. The summed E-state index contributed by atoms with van der Waals surface area (Å²) in [6.07, 6.45) is 4.67. The van der Waals surface area contributed by atoms with Gasteiger partial charge in [0.15, 0.2) is 5.96 Å². The van der Waals surface area contributed by atoms with Crippen molar-refractivity contribution in [1.29, 1.82) is 5.26 Å². The van der Waals surface area contributed by atoms with Crippen LogP contribution in [0, 0.1) is 17.1 Å². The van der Waals surface area contributed by atoms with Gasteiger partial charge in [0.1, 0.15) is 5.82 Å². The molecular formula is C19H28FN5. The predicted molar refractivity (Wildman–Crippen MR) is 98.8 cm³/mol. The average molecular weight is 345 g/mol. The number of unbranched alkanes of at least 4 members (excludes halogenated alkanes) is 1. The second kappa shape index (κ2) is 10.00. The van der Waals surface area contributed by atoms with Crippen LogP contribution in [-0.2, 0) is 6.54 Å². The van der Waals surface area contributed by atoms with Gasteiger partial charge in [0.25, 0.3) is 0 Å². The molecule has 0 radical (unpaired) electrons. The van der Waals surface area contributed by atoms with Gasteiger partial charge in [-0.2, -0.15) is 5.26 Å². The van der Waals surface area contributed by atoms with E-state index in [1.807, 2.05) is 6.07 Å². The first kappa shape index (κ1) is 19.2. The lowest BCUT2D eigenvalue weighted by molar-refractivity contribution is 0.203. The SMILES string of the molecule is CCCCN1CCC(NC(=NC)NCc2cc(C#N)ccc2F)CC1. The van der Waals surface area contributed by atoms with Gasteiger partial charge in [-0.05, 0) is 44.0 Å². The first-order valence-electron chi connectivity index (χ1n) is 9.04. The van der Waals surface area contributed by atoms with Crippen molar-refractivity contribution in [3.8, 4) is 6.07 Å². The molecule has 0 unspecified atom stereocenters. The number of rotatable bonds is 6. The molecule has 25 heavy (non-hydrogen) atoms. The van der Waals surface area contributed by atoms with E-state index in [9.17, 15) is 4.39 Å². The van der Waals surface area contributed by atoms with Crippen LogP contribution >= 0.6 is 0 Å². The van der Waals surface area contributed by atoms with Crippen LogP contribution in [-0.4, -0.2) is 43.6 Å².